The molecule has 0 saturated heterocycles. The predicted molar refractivity (Wildman–Crippen MR) is 133 cm³/mol. The van der Waals surface area contributed by atoms with E-state index < -0.39 is 10.8 Å². The summed E-state index contributed by atoms with van der Waals surface area (Å²) in [5, 5.41) is 9.82. The molecule has 0 aromatic heterocycles. The molecule has 0 radical (unpaired) electrons. The molecule has 5 aliphatic carbocycles. The quantitative estimate of drug-likeness (QED) is 0.484. The van der Waals surface area contributed by atoms with E-state index >= 15 is 0 Å². The first-order valence-corrected chi connectivity index (χ1v) is 13.3. The number of rotatable bonds is 0. The summed E-state index contributed by atoms with van der Waals surface area (Å²) in [6.07, 6.45) is 10.9. The number of carbonyl (C=O) groups is 2. The van der Waals surface area contributed by atoms with Crippen molar-refractivity contribution in [3.63, 3.8) is 0 Å². The second-order valence-electron chi connectivity index (χ2n) is 14.5. The molecule has 2 N–H and O–H groups in total. The largest absolute Gasteiger partial charge is 0.325 e. The van der Waals surface area contributed by atoms with Crippen molar-refractivity contribution in [2.24, 2.45) is 50.6 Å². The number of nitriles is 1. The fourth-order valence-corrected chi connectivity index (χ4v) is 9.67. The molecule has 0 spiro atoms. The summed E-state index contributed by atoms with van der Waals surface area (Å²) >= 11 is 0. The number of nitrogens with zero attached hydrogens (tertiary/aromatic N) is 1. The molecule has 5 rings (SSSR count). The fourth-order valence-electron chi connectivity index (χ4n) is 9.67. The number of hydrogen-bond acceptors (Lipinski definition) is 4. The fraction of sp³-hybridized carbons (Fsp3) is 0.767. The van der Waals surface area contributed by atoms with Gasteiger partial charge in [-0.25, -0.2) is 0 Å². The summed E-state index contributed by atoms with van der Waals surface area (Å²) in [6, 6.07) is 2.19. The van der Waals surface area contributed by atoms with E-state index in [0.717, 1.165) is 50.5 Å². The Bertz CT molecular complexity index is 1090. The minimum Gasteiger partial charge on any atom is -0.325 e. The van der Waals surface area contributed by atoms with Crippen molar-refractivity contribution >= 4 is 11.6 Å². The third-order valence-corrected chi connectivity index (χ3v) is 11.9. The zero-order valence-corrected chi connectivity index (χ0v) is 22.2. The maximum atomic E-state index is 14.1. The van der Waals surface area contributed by atoms with E-state index in [9.17, 15) is 14.9 Å². The third kappa shape index (κ3) is 2.74. The van der Waals surface area contributed by atoms with Crippen molar-refractivity contribution in [1.29, 1.82) is 5.26 Å². The third-order valence-electron chi connectivity index (χ3n) is 11.9. The van der Waals surface area contributed by atoms with Gasteiger partial charge in [0.2, 0.25) is 0 Å². The monoisotopic (exact) mass is 462 g/mol. The van der Waals surface area contributed by atoms with E-state index in [0.29, 0.717) is 0 Å². The van der Waals surface area contributed by atoms with Crippen molar-refractivity contribution in [2.45, 2.75) is 99.0 Å². The van der Waals surface area contributed by atoms with Crippen molar-refractivity contribution in [1.82, 2.24) is 0 Å². The van der Waals surface area contributed by atoms with Gasteiger partial charge in [0.05, 0.1) is 5.57 Å². The Hall–Kier alpha value is -1.73. The molecule has 0 aliphatic heterocycles. The summed E-state index contributed by atoms with van der Waals surface area (Å²) in [5.74, 6) is 0.413. The molecular formula is C30H42N2O2. The average Bonchev–Trinajstić information content (AvgIpc) is 2.74. The standard InChI is InChI=1S/C30H42N2O2/c1-25(2)10-12-30(32)13-11-29(7)23(19(30)16-25)20(33)14-22-27(5)15-18(17-31)24(34)26(3,4)21(27)8-9-28(22,29)6/h14-15,19,21,23H,8-13,16,32H2,1-7H3/t19-,21-,23?,27-,28?,29+,30?/m0/s1. The maximum absolute atomic E-state index is 14.1. The van der Waals surface area contributed by atoms with Crippen LogP contribution in [0.1, 0.15) is 93.4 Å². The Labute approximate surface area is 205 Å². The molecule has 184 valence electrons. The van der Waals surface area contributed by atoms with Crippen LogP contribution in [0.15, 0.2) is 23.3 Å². The molecule has 34 heavy (non-hydrogen) atoms. The average molecular weight is 463 g/mol. The molecule has 7 atom stereocenters. The molecular weight excluding hydrogens is 420 g/mol. The van der Waals surface area contributed by atoms with Gasteiger partial charge in [0.25, 0.3) is 0 Å². The second-order valence-corrected chi connectivity index (χ2v) is 14.5. The van der Waals surface area contributed by atoms with Crippen LogP contribution in [0.5, 0.6) is 0 Å². The van der Waals surface area contributed by atoms with Crippen LogP contribution in [0.4, 0.5) is 0 Å². The van der Waals surface area contributed by atoms with Crippen LogP contribution >= 0.6 is 0 Å². The van der Waals surface area contributed by atoms with Gasteiger partial charge in [0.1, 0.15) is 6.07 Å². The van der Waals surface area contributed by atoms with Crippen LogP contribution in [0.25, 0.3) is 0 Å². The zero-order chi connectivity index (χ0) is 25.1. The number of ketones is 2. The molecule has 4 heteroatoms. The Morgan fingerprint density at radius 3 is 2.26 bits per heavy atom. The van der Waals surface area contributed by atoms with Crippen molar-refractivity contribution in [3.05, 3.63) is 23.3 Å². The normalized spacial score (nSPS) is 48.9. The number of nitrogens with two attached hydrogens (primary N) is 1. The number of hydrogen-bond donors (Lipinski definition) is 1. The minimum atomic E-state index is -0.621. The summed E-state index contributed by atoms with van der Waals surface area (Å²) in [6.45, 7) is 15.6. The summed E-state index contributed by atoms with van der Waals surface area (Å²) in [7, 11) is 0. The smallest absolute Gasteiger partial charge is 0.178 e. The van der Waals surface area contributed by atoms with Gasteiger partial charge >= 0.3 is 0 Å². The number of fused-ring (bicyclic) bond motifs is 7. The van der Waals surface area contributed by atoms with Gasteiger partial charge in [0, 0.05) is 22.3 Å². The zero-order valence-electron chi connectivity index (χ0n) is 22.2. The second kappa shape index (κ2) is 6.73. The van der Waals surface area contributed by atoms with Crippen molar-refractivity contribution < 1.29 is 9.59 Å². The Balaban J connectivity index is 1.69. The highest BCUT2D eigenvalue weighted by Gasteiger charge is 2.69. The Morgan fingerprint density at radius 1 is 0.971 bits per heavy atom. The van der Waals surface area contributed by atoms with Crippen LogP contribution in [0.3, 0.4) is 0 Å². The van der Waals surface area contributed by atoms with Gasteiger partial charge < -0.3 is 5.73 Å². The highest BCUT2D eigenvalue weighted by Crippen LogP contribution is 2.73. The minimum absolute atomic E-state index is 0.0529. The van der Waals surface area contributed by atoms with E-state index in [1.54, 1.807) is 0 Å². The van der Waals surface area contributed by atoms with Crippen LogP contribution in [0.2, 0.25) is 0 Å². The first kappa shape index (κ1) is 24.0. The number of Topliss-reactive ketones (excluding diaryl/α,β-unsaturated/α-hetero) is 1. The van der Waals surface area contributed by atoms with Gasteiger partial charge in [-0.15, -0.1) is 0 Å². The summed E-state index contributed by atoms with van der Waals surface area (Å²) < 4.78 is 0. The van der Waals surface area contributed by atoms with Crippen molar-refractivity contribution in [3.8, 4) is 6.07 Å². The molecule has 3 unspecified atom stereocenters. The lowest BCUT2D eigenvalue weighted by Crippen LogP contribution is -2.68. The first-order chi connectivity index (χ1) is 15.6. The number of allylic oxidation sites excluding steroid dienone is 4. The van der Waals surface area contributed by atoms with E-state index in [4.69, 9.17) is 5.73 Å². The maximum Gasteiger partial charge on any atom is 0.178 e. The van der Waals surface area contributed by atoms with E-state index in [1.807, 2.05) is 26.0 Å². The molecule has 0 aromatic carbocycles. The van der Waals surface area contributed by atoms with Gasteiger partial charge in [-0.3, -0.25) is 9.59 Å². The molecule has 0 bridgehead atoms. The van der Waals surface area contributed by atoms with Gasteiger partial charge in [0.15, 0.2) is 11.6 Å². The molecule has 3 saturated carbocycles. The van der Waals surface area contributed by atoms with Crippen LogP contribution < -0.4 is 5.73 Å². The van der Waals surface area contributed by atoms with E-state index in [2.05, 4.69) is 40.7 Å². The van der Waals surface area contributed by atoms with Crippen LogP contribution in [-0.4, -0.2) is 17.1 Å². The highest BCUT2D eigenvalue weighted by molar-refractivity contribution is 6.04. The van der Waals surface area contributed by atoms with Gasteiger partial charge in [-0.1, -0.05) is 60.1 Å². The van der Waals surface area contributed by atoms with E-state index in [-0.39, 0.29) is 56.7 Å². The molecule has 0 amide bonds. The predicted octanol–water partition coefficient (Wildman–Crippen LogP) is 5.92. The summed E-state index contributed by atoms with van der Waals surface area (Å²) in [5.41, 5.74) is 7.05. The van der Waals surface area contributed by atoms with Gasteiger partial charge in [-0.05, 0) is 79.1 Å². The number of carbonyl (C=O) groups excluding carboxylic acids is 2. The van der Waals surface area contributed by atoms with Crippen LogP contribution in [0, 0.1) is 56.2 Å². The SMILES string of the molecule is CC1(C)CCC2(N)CC[C@]3(C)C(C(=O)C=C4C3(C)CC[C@H]3C(C)(C)C(=O)C(C#N)=C[C@]43C)[C@@H]2C1. The topological polar surface area (TPSA) is 84.0 Å². The lowest BCUT2D eigenvalue weighted by atomic mass is 9.35. The lowest BCUT2D eigenvalue weighted by Gasteiger charge is -2.69. The highest BCUT2D eigenvalue weighted by atomic mass is 16.1. The molecule has 0 aromatic rings. The molecule has 4 nitrogen and oxygen atoms in total. The Morgan fingerprint density at radius 2 is 1.62 bits per heavy atom. The van der Waals surface area contributed by atoms with Crippen molar-refractivity contribution in [2.75, 3.05) is 0 Å². The summed E-state index contributed by atoms with van der Waals surface area (Å²) in [4.78, 5) is 27.3. The van der Waals surface area contributed by atoms with E-state index in [1.165, 1.54) is 0 Å². The molecule has 5 aliphatic rings. The van der Waals surface area contributed by atoms with Crippen LogP contribution in [-0.2, 0) is 9.59 Å². The Kier molecular flexibility index (Phi) is 4.74. The lowest BCUT2D eigenvalue weighted by molar-refractivity contribution is -0.158. The first-order valence-electron chi connectivity index (χ1n) is 13.3. The van der Waals surface area contributed by atoms with Gasteiger partial charge in [-0.2, -0.15) is 5.26 Å². The molecule has 3 fully saturated rings. The molecule has 0 heterocycles.